The monoisotopic (exact) mass is 458 g/mol. The fraction of sp³-hybridized carbons (Fsp3) is 1.00. The Kier molecular flexibility index (Phi) is 27.0. The van der Waals surface area contributed by atoms with Gasteiger partial charge in [0.15, 0.2) is 0 Å². The van der Waals surface area contributed by atoms with Gasteiger partial charge in [0.25, 0.3) is 0 Å². The van der Waals surface area contributed by atoms with Crippen LogP contribution in [0.5, 0.6) is 0 Å². The van der Waals surface area contributed by atoms with Crippen LogP contribution in [-0.2, 0) is 37.9 Å². The molecule has 0 amide bonds. The Hall–Kier alpha value is -0.0300. The van der Waals surface area contributed by atoms with Crippen LogP contribution in [0.4, 0.5) is 0 Å². The van der Waals surface area contributed by atoms with Gasteiger partial charge < -0.3 is 37.9 Å². The van der Waals surface area contributed by atoms with E-state index in [1.165, 1.54) is 0 Å². The molecule has 0 radical (unpaired) electrons. The van der Waals surface area contributed by atoms with Crippen molar-refractivity contribution in [3.05, 3.63) is 0 Å². The first kappa shape index (κ1) is 30.0. The van der Waals surface area contributed by atoms with Crippen molar-refractivity contribution in [1.82, 2.24) is 0 Å². The van der Waals surface area contributed by atoms with E-state index in [1.807, 2.05) is 0 Å². The minimum absolute atomic E-state index is 0.507. The molecule has 0 saturated heterocycles. The van der Waals surface area contributed by atoms with Gasteiger partial charge in [-0.2, -0.15) is 0 Å². The maximum Gasteiger partial charge on any atom is 0.0701 e. The van der Waals surface area contributed by atoms with Crippen LogP contribution < -0.4 is 0 Å². The molecule has 0 rings (SSSR count). The molecule has 0 aliphatic carbocycles. The summed E-state index contributed by atoms with van der Waals surface area (Å²) in [7, 11) is 0. The highest BCUT2D eigenvalue weighted by molar-refractivity contribution is 6.17. The van der Waals surface area contributed by atoms with Gasteiger partial charge in [-0.3, -0.25) is 0 Å². The van der Waals surface area contributed by atoms with Crippen LogP contribution in [0, 0.1) is 5.92 Å². The van der Waals surface area contributed by atoms with Gasteiger partial charge in [0.1, 0.15) is 0 Å². The van der Waals surface area contributed by atoms with Crippen LogP contribution in [0.25, 0.3) is 0 Å². The lowest BCUT2D eigenvalue weighted by Gasteiger charge is -2.10. The zero-order valence-corrected chi connectivity index (χ0v) is 19.7. The lowest BCUT2D eigenvalue weighted by molar-refractivity contribution is -0.0235. The van der Waals surface area contributed by atoms with Crippen molar-refractivity contribution in [2.75, 3.05) is 112 Å². The molecule has 0 aromatic heterocycles. The van der Waals surface area contributed by atoms with Crippen molar-refractivity contribution in [3.8, 4) is 0 Å². The van der Waals surface area contributed by atoms with Gasteiger partial charge in [0.05, 0.1) is 99.1 Å². The molecule has 182 valence electrons. The van der Waals surface area contributed by atoms with Crippen LogP contribution >= 0.6 is 11.6 Å². The summed E-state index contributed by atoms with van der Waals surface area (Å²) in [5, 5.41) is 0. The highest BCUT2D eigenvalue weighted by Gasteiger charge is 1.98. The molecule has 1 unspecified atom stereocenters. The summed E-state index contributed by atoms with van der Waals surface area (Å²) in [6.45, 7) is 13.5. The van der Waals surface area contributed by atoms with Crippen LogP contribution in [0.15, 0.2) is 0 Å². The zero-order valence-electron chi connectivity index (χ0n) is 18.9. The summed E-state index contributed by atoms with van der Waals surface area (Å²) in [5.74, 6) is 1.11. The Bertz CT molecular complexity index is 313. The van der Waals surface area contributed by atoms with Crippen molar-refractivity contribution in [2.45, 2.75) is 20.3 Å². The number of hydrogen-bond acceptors (Lipinski definition) is 8. The summed E-state index contributed by atoms with van der Waals surface area (Å²) >= 11 is 5.49. The number of alkyl halides is 1. The molecule has 30 heavy (non-hydrogen) atoms. The van der Waals surface area contributed by atoms with Crippen LogP contribution in [0.1, 0.15) is 20.3 Å². The van der Waals surface area contributed by atoms with Gasteiger partial charge in [-0.25, -0.2) is 0 Å². The number of halogens is 1. The van der Waals surface area contributed by atoms with Crippen molar-refractivity contribution in [2.24, 2.45) is 5.92 Å². The fourth-order valence-corrected chi connectivity index (χ4v) is 2.11. The molecular weight excluding hydrogens is 416 g/mol. The summed E-state index contributed by atoms with van der Waals surface area (Å²) < 4.78 is 43.2. The minimum Gasteiger partial charge on any atom is -0.379 e. The summed E-state index contributed by atoms with van der Waals surface area (Å²) in [5.41, 5.74) is 0. The quantitative estimate of drug-likeness (QED) is 0.144. The van der Waals surface area contributed by atoms with Crippen molar-refractivity contribution < 1.29 is 37.9 Å². The lowest BCUT2D eigenvalue weighted by atomic mass is 10.1. The first-order valence-corrected chi connectivity index (χ1v) is 11.5. The first-order valence-electron chi connectivity index (χ1n) is 11.0. The summed E-state index contributed by atoms with van der Waals surface area (Å²) in [4.78, 5) is 0. The smallest absolute Gasteiger partial charge is 0.0701 e. The topological polar surface area (TPSA) is 73.8 Å². The average Bonchev–Trinajstić information content (AvgIpc) is 2.76. The van der Waals surface area contributed by atoms with E-state index in [4.69, 9.17) is 49.5 Å². The third kappa shape index (κ3) is 26.0. The van der Waals surface area contributed by atoms with E-state index in [1.54, 1.807) is 0 Å². The molecule has 0 aromatic rings. The van der Waals surface area contributed by atoms with E-state index < -0.39 is 0 Å². The molecule has 1 atom stereocenters. The fourth-order valence-electron chi connectivity index (χ4n) is 2.00. The Morgan fingerprint density at radius 2 is 0.733 bits per heavy atom. The maximum absolute atomic E-state index is 5.51. The van der Waals surface area contributed by atoms with Crippen LogP contribution in [-0.4, -0.2) is 112 Å². The van der Waals surface area contributed by atoms with Crippen LogP contribution in [0.3, 0.4) is 0 Å². The van der Waals surface area contributed by atoms with E-state index in [0.717, 1.165) is 13.0 Å². The third-order valence-electron chi connectivity index (χ3n) is 3.92. The van der Waals surface area contributed by atoms with Crippen molar-refractivity contribution in [1.29, 1.82) is 0 Å². The molecule has 0 bridgehead atoms. The Morgan fingerprint density at radius 3 is 1.00 bits per heavy atom. The Labute approximate surface area is 187 Å². The molecule has 0 heterocycles. The van der Waals surface area contributed by atoms with Gasteiger partial charge in [-0.15, -0.1) is 11.6 Å². The van der Waals surface area contributed by atoms with Gasteiger partial charge in [-0.05, 0) is 5.92 Å². The zero-order chi connectivity index (χ0) is 22.0. The largest absolute Gasteiger partial charge is 0.379 e. The van der Waals surface area contributed by atoms with Gasteiger partial charge in [0.2, 0.25) is 0 Å². The normalized spacial score (nSPS) is 12.5. The average molecular weight is 459 g/mol. The Morgan fingerprint density at radius 1 is 0.467 bits per heavy atom. The SMILES string of the molecule is CCC(C)COCCOCCOCCOCCOCCOCCOCCOCCCl. The highest BCUT2D eigenvalue weighted by Crippen LogP contribution is 1.99. The van der Waals surface area contributed by atoms with Crippen molar-refractivity contribution >= 4 is 11.6 Å². The molecule has 0 saturated carbocycles. The molecule has 9 heteroatoms. The van der Waals surface area contributed by atoms with Gasteiger partial charge in [0, 0.05) is 12.5 Å². The van der Waals surface area contributed by atoms with E-state index in [2.05, 4.69) is 13.8 Å². The number of ether oxygens (including phenoxy) is 8. The second-order valence-corrected chi connectivity index (χ2v) is 6.94. The Balaban J connectivity index is 3.00. The van der Waals surface area contributed by atoms with E-state index in [-0.39, 0.29) is 0 Å². The summed E-state index contributed by atoms with van der Waals surface area (Å²) in [6, 6.07) is 0. The van der Waals surface area contributed by atoms with Crippen molar-refractivity contribution in [3.63, 3.8) is 0 Å². The number of rotatable bonds is 26. The predicted molar refractivity (Wildman–Crippen MR) is 117 cm³/mol. The van der Waals surface area contributed by atoms with E-state index in [0.29, 0.717) is 111 Å². The molecule has 8 nitrogen and oxygen atoms in total. The third-order valence-corrected chi connectivity index (χ3v) is 4.08. The van der Waals surface area contributed by atoms with Gasteiger partial charge >= 0.3 is 0 Å². The predicted octanol–water partition coefficient (Wildman–Crippen LogP) is 2.40. The molecule has 0 aliphatic rings. The minimum atomic E-state index is 0.507. The molecule has 0 aliphatic heterocycles. The first-order chi connectivity index (χ1) is 14.8. The second kappa shape index (κ2) is 27.0. The summed E-state index contributed by atoms with van der Waals surface area (Å²) in [6.07, 6.45) is 1.14. The van der Waals surface area contributed by atoms with Crippen LogP contribution in [0.2, 0.25) is 0 Å². The van der Waals surface area contributed by atoms with Gasteiger partial charge in [-0.1, -0.05) is 20.3 Å². The molecule has 0 aromatic carbocycles. The maximum atomic E-state index is 5.51. The number of hydrogen-bond donors (Lipinski definition) is 0. The lowest BCUT2D eigenvalue weighted by Crippen LogP contribution is -2.15. The molecule has 0 fully saturated rings. The van der Waals surface area contributed by atoms with E-state index >= 15 is 0 Å². The molecule has 0 N–H and O–H groups in total. The molecular formula is C21H43ClO8. The van der Waals surface area contributed by atoms with E-state index in [9.17, 15) is 0 Å². The second-order valence-electron chi connectivity index (χ2n) is 6.56. The standard InChI is InChI=1S/C21H43ClO8/c1-3-21(2)20-30-19-18-29-17-16-28-15-14-27-13-12-26-11-10-25-9-8-24-7-6-23-5-4-22/h21H,3-20H2,1-2H3. The molecule has 0 spiro atoms. The highest BCUT2D eigenvalue weighted by atomic mass is 35.5.